The number of carboxylic acids is 1. The highest BCUT2D eigenvalue weighted by atomic mass is 16.5. The summed E-state index contributed by atoms with van der Waals surface area (Å²) < 4.78 is 5.31. The molecule has 4 heteroatoms. The van der Waals surface area contributed by atoms with Crippen LogP contribution in [0.5, 0.6) is 0 Å². The van der Waals surface area contributed by atoms with E-state index in [4.69, 9.17) is 9.84 Å². The molecular weight excluding hydrogens is 304 g/mol. The van der Waals surface area contributed by atoms with Crippen LogP contribution in [0.2, 0.25) is 0 Å². The lowest BCUT2D eigenvalue weighted by molar-refractivity contribution is -0.147. The minimum absolute atomic E-state index is 0.106. The van der Waals surface area contributed by atoms with E-state index in [2.05, 4.69) is 31.2 Å². The van der Waals surface area contributed by atoms with E-state index in [1.54, 1.807) is 0 Å². The molecule has 0 unspecified atom stereocenters. The highest BCUT2D eigenvalue weighted by molar-refractivity contribution is 5.66. The standard InChI is InChI=1S/C20H34O4/c1-3-4-5-6-7-8-9-10-11-12-15-19(24-18(2)21)16-13-14-17-20(22)23/h7-8,10-11,19H,3-6,9,12-17H2,1-2H3,(H,22,23)/b8-7-,11-10-/t19-/m1/s1. The predicted molar refractivity (Wildman–Crippen MR) is 97.9 cm³/mol. The number of unbranched alkanes of at least 4 members (excludes halogenated alkanes) is 4. The highest BCUT2D eigenvalue weighted by Gasteiger charge is 2.11. The lowest BCUT2D eigenvalue weighted by Gasteiger charge is -2.15. The maximum atomic E-state index is 11.1. The van der Waals surface area contributed by atoms with Crippen LogP contribution in [0, 0.1) is 0 Å². The number of rotatable bonds is 15. The van der Waals surface area contributed by atoms with Gasteiger partial charge in [0.15, 0.2) is 0 Å². The van der Waals surface area contributed by atoms with E-state index in [0.29, 0.717) is 6.42 Å². The van der Waals surface area contributed by atoms with Gasteiger partial charge in [0, 0.05) is 13.3 Å². The average Bonchev–Trinajstić information content (AvgIpc) is 2.52. The van der Waals surface area contributed by atoms with Crippen molar-refractivity contribution >= 4 is 11.9 Å². The normalized spacial score (nSPS) is 12.8. The monoisotopic (exact) mass is 338 g/mol. The third-order valence-electron chi connectivity index (χ3n) is 3.73. The Hall–Kier alpha value is -1.58. The first kappa shape index (κ1) is 22.4. The molecule has 0 aromatic heterocycles. The van der Waals surface area contributed by atoms with Crippen LogP contribution >= 0.6 is 0 Å². The highest BCUT2D eigenvalue weighted by Crippen LogP contribution is 2.13. The molecule has 0 aliphatic rings. The zero-order valence-electron chi connectivity index (χ0n) is 15.3. The predicted octanol–water partition coefficient (Wildman–Crippen LogP) is 5.43. The van der Waals surface area contributed by atoms with Crippen LogP contribution in [-0.4, -0.2) is 23.1 Å². The first-order chi connectivity index (χ1) is 11.6. The second-order valence-corrected chi connectivity index (χ2v) is 6.12. The van der Waals surface area contributed by atoms with E-state index < -0.39 is 5.97 Å². The number of ether oxygens (including phenoxy) is 1. The maximum Gasteiger partial charge on any atom is 0.303 e. The number of aliphatic carboxylic acids is 1. The Bertz CT molecular complexity index is 385. The SMILES string of the molecule is CCCCC/C=C\C/C=C\CC[C@H](CCCCC(=O)O)OC(C)=O. The van der Waals surface area contributed by atoms with Crippen LogP contribution in [0.15, 0.2) is 24.3 Å². The van der Waals surface area contributed by atoms with Gasteiger partial charge in [0.1, 0.15) is 6.10 Å². The van der Waals surface area contributed by atoms with Crippen molar-refractivity contribution in [1.82, 2.24) is 0 Å². The lowest BCUT2D eigenvalue weighted by Crippen LogP contribution is -2.16. The van der Waals surface area contributed by atoms with Crippen molar-refractivity contribution in [2.24, 2.45) is 0 Å². The van der Waals surface area contributed by atoms with Crippen molar-refractivity contribution in [1.29, 1.82) is 0 Å². The second kappa shape index (κ2) is 16.3. The summed E-state index contributed by atoms with van der Waals surface area (Å²) in [5.41, 5.74) is 0. The van der Waals surface area contributed by atoms with Gasteiger partial charge >= 0.3 is 11.9 Å². The quantitative estimate of drug-likeness (QED) is 0.246. The van der Waals surface area contributed by atoms with Gasteiger partial charge in [0.05, 0.1) is 0 Å². The van der Waals surface area contributed by atoms with Crippen LogP contribution in [0.3, 0.4) is 0 Å². The molecule has 0 aromatic carbocycles. The third-order valence-corrected chi connectivity index (χ3v) is 3.73. The molecule has 0 aromatic rings. The Kier molecular flexibility index (Phi) is 15.2. The Balaban J connectivity index is 3.85. The first-order valence-electron chi connectivity index (χ1n) is 9.25. The zero-order chi connectivity index (χ0) is 18.0. The summed E-state index contributed by atoms with van der Waals surface area (Å²) in [6.07, 6.45) is 18.5. The fraction of sp³-hybridized carbons (Fsp3) is 0.700. The second-order valence-electron chi connectivity index (χ2n) is 6.12. The van der Waals surface area contributed by atoms with Crippen LogP contribution in [0.4, 0.5) is 0 Å². The summed E-state index contributed by atoms with van der Waals surface area (Å²) in [5.74, 6) is -1.04. The zero-order valence-corrected chi connectivity index (χ0v) is 15.3. The molecule has 1 N–H and O–H groups in total. The molecule has 0 aliphatic heterocycles. The molecule has 138 valence electrons. The topological polar surface area (TPSA) is 63.6 Å². The van der Waals surface area contributed by atoms with Crippen molar-refractivity contribution in [2.75, 3.05) is 0 Å². The van der Waals surface area contributed by atoms with Gasteiger partial charge in [-0.15, -0.1) is 0 Å². The third kappa shape index (κ3) is 16.8. The molecule has 24 heavy (non-hydrogen) atoms. The van der Waals surface area contributed by atoms with Gasteiger partial charge in [-0.05, 0) is 51.4 Å². The van der Waals surface area contributed by atoms with Crippen LogP contribution in [-0.2, 0) is 14.3 Å². The Morgan fingerprint density at radius 3 is 2.29 bits per heavy atom. The molecule has 0 rings (SSSR count). The summed E-state index contributed by atoms with van der Waals surface area (Å²) in [6.45, 7) is 3.63. The number of hydrogen-bond donors (Lipinski definition) is 1. The Labute approximate surface area is 147 Å². The maximum absolute atomic E-state index is 11.1. The van der Waals surface area contributed by atoms with E-state index in [1.807, 2.05) is 0 Å². The van der Waals surface area contributed by atoms with E-state index in [1.165, 1.54) is 26.2 Å². The van der Waals surface area contributed by atoms with Crippen molar-refractivity contribution in [3.63, 3.8) is 0 Å². The Morgan fingerprint density at radius 2 is 1.67 bits per heavy atom. The summed E-state index contributed by atoms with van der Waals surface area (Å²) >= 11 is 0. The van der Waals surface area contributed by atoms with Gasteiger partial charge in [-0.1, -0.05) is 44.1 Å². The van der Waals surface area contributed by atoms with Gasteiger partial charge in [-0.2, -0.15) is 0 Å². The molecule has 0 heterocycles. The van der Waals surface area contributed by atoms with E-state index in [-0.39, 0.29) is 18.5 Å². The molecule has 0 radical (unpaired) electrons. The van der Waals surface area contributed by atoms with Gasteiger partial charge in [-0.3, -0.25) is 9.59 Å². The largest absolute Gasteiger partial charge is 0.481 e. The number of esters is 1. The van der Waals surface area contributed by atoms with Gasteiger partial charge in [0.25, 0.3) is 0 Å². The molecule has 0 spiro atoms. The van der Waals surface area contributed by atoms with E-state index in [0.717, 1.165) is 38.5 Å². The molecule has 0 bridgehead atoms. The fourth-order valence-electron chi connectivity index (χ4n) is 2.45. The van der Waals surface area contributed by atoms with Crippen molar-refractivity contribution in [3.8, 4) is 0 Å². The molecule has 0 saturated heterocycles. The van der Waals surface area contributed by atoms with Crippen molar-refractivity contribution in [3.05, 3.63) is 24.3 Å². The molecule has 0 aliphatic carbocycles. The smallest absolute Gasteiger partial charge is 0.303 e. The van der Waals surface area contributed by atoms with Crippen LogP contribution in [0.25, 0.3) is 0 Å². The van der Waals surface area contributed by atoms with E-state index in [9.17, 15) is 9.59 Å². The van der Waals surface area contributed by atoms with Crippen molar-refractivity contribution < 1.29 is 19.4 Å². The number of allylic oxidation sites excluding steroid dienone is 4. The average molecular weight is 338 g/mol. The number of carbonyl (C=O) groups excluding carboxylic acids is 1. The van der Waals surface area contributed by atoms with Crippen molar-refractivity contribution in [2.45, 2.75) is 90.6 Å². The molecule has 4 nitrogen and oxygen atoms in total. The van der Waals surface area contributed by atoms with E-state index >= 15 is 0 Å². The van der Waals surface area contributed by atoms with Crippen LogP contribution < -0.4 is 0 Å². The summed E-state index contributed by atoms with van der Waals surface area (Å²) in [6, 6.07) is 0. The summed E-state index contributed by atoms with van der Waals surface area (Å²) in [4.78, 5) is 21.6. The lowest BCUT2D eigenvalue weighted by atomic mass is 10.1. The molecule has 1 atom stereocenters. The molecular formula is C20H34O4. The molecule has 0 fully saturated rings. The molecule has 0 saturated carbocycles. The summed E-state index contributed by atoms with van der Waals surface area (Å²) in [5, 5.41) is 8.63. The minimum Gasteiger partial charge on any atom is -0.481 e. The fourth-order valence-corrected chi connectivity index (χ4v) is 2.45. The molecule has 0 amide bonds. The first-order valence-corrected chi connectivity index (χ1v) is 9.25. The summed E-state index contributed by atoms with van der Waals surface area (Å²) in [7, 11) is 0. The van der Waals surface area contributed by atoms with Gasteiger partial charge in [-0.25, -0.2) is 0 Å². The number of hydrogen-bond acceptors (Lipinski definition) is 3. The Morgan fingerprint density at radius 1 is 0.958 bits per heavy atom. The van der Waals surface area contributed by atoms with Gasteiger partial charge in [0.2, 0.25) is 0 Å². The number of carbonyl (C=O) groups is 2. The minimum atomic E-state index is -0.773. The number of carboxylic acid groups (broad SMARTS) is 1. The van der Waals surface area contributed by atoms with Crippen LogP contribution in [0.1, 0.15) is 84.5 Å². The van der Waals surface area contributed by atoms with Gasteiger partial charge < -0.3 is 9.84 Å².